The van der Waals surface area contributed by atoms with Crippen molar-refractivity contribution >= 4 is 26.2 Å². The molecular formula is C11H16BrNO2S. The number of halogens is 1. The second kappa shape index (κ2) is 6.37. The minimum absolute atomic E-state index is 0.0444. The van der Waals surface area contributed by atoms with Gasteiger partial charge in [0.05, 0.1) is 5.75 Å². The van der Waals surface area contributed by atoms with Crippen LogP contribution < -0.4 is 0 Å². The standard InChI is InChI=1S/C11H16BrNO2S/c1-2-3-9-13(12)16(14,15)10-11-7-5-4-6-8-11/h4-8H,2-3,9-10H2,1H3. The van der Waals surface area contributed by atoms with Gasteiger partial charge in [-0.2, -0.15) is 0 Å². The number of sulfonamides is 1. The van der Waals surface area contributed by atoms with Crippen LogP contribution in [0.2, 0.25) is 0 Å². The van der Waals surface area contributed by atoms with E-state index in [0.29, 0.717) is 6.54 Å². The highest BCUT2D eigenvalue weighted by Gasteiger charge is 2.19. The van der Waals surface area contributed by atoms with E-state index >= 15 is 0 Å². The van der Waals surface area contributed by atoms with Crippen molar-refractivity contribution in [1.29, 1.82) is 0 Å². The Balaban J connectivity index is 2.65. The van der Waals surface area contributed by atoms with Crippen molar-refractivity contribution in [2.24, 2.45) is 0 Å². The third-order valence-electron chi connectivity index (χ3n) is 2.18. The highest BCUT2D eigenvalue weighted by molar-refractivity contribution is 9.08. The lowest BCUT2D eigenvalue weighted by Gasteiger charge is -2.14. The van der Waals surface area contributed by atoms with Crippen LogP contribution in [0.3, 0.4) is 0 Å². The van der Waals surface area contributed by atoms with E-state index in [1.807, 2.05) is 37.3 Å². The van der Waals surface area contributed by atoms with Gasteiger partial charge in [0, 0.05) is 22.7 Å². The van der Waals surface area contributed by atoms with Gasteiger partial charge in [-0.05, 0) is 12.0 Å². The Morgan fingerprint density at radius 2 is 1.88 bits per heavy atom. The van der Waals surface area contributed by atoms with E-state index in [0.717, 1.165) is 18.4 Å². The first-order valence-corrected chi connectivity index (χ1v) is 7.58. The van der Waals surface area contributed by atoms with Gasteiger partial charge >= 0.3 is 0 Å². The Morgan fingerprint density at radius 3 is 2.44 bits per heavy atom. The van der Waals surface area contributed by atoms with Crippen molar-refractivity contribution in [3.8, 4) is 0 Å². The van der Waals surface area contributed by atoms with Crippen LogP contribution >= 0.6 is 16.1 Å². The van der Waals surface area contributed by atoms with Crippen LogP contribution in [0.15, 0.2) is 30.3 Å². The van der Waals surface area contributed by atoms with E-state index in [2.05, 4.69) is 16.1 Å². The van der Waals surface area contributed by atoms with Crippen LogP contribution in [-0.4, -0.2) is 18.3 Å². The molecule has 5 heteroatoms. The molecule has 0 amide bonds. The molecule has 3 nitrogen and oxygen atoms in total. The molecule has 0 unspecified atom stereocenters. The van der Waals surface area contributed by atoms with Crippen molar-refractivity contribution in [2.75, 3.05) is 6.54 Å². The summed E-state index contributed by atoms with van der Waals surface area (Å²) in [5.74, 6) is 0.0444. The maximum atomic E-state index is 11.9. The fourth-order valence-electron chi connectivity index (χ4n) is 1.28. The van der Waals surface area contributed by atoms with E-state index in [9.17, 15) is 8.42 Å². The molecule has 90 valence electrons. The highest BCUT2D eigenvalue weighted by Crippen LogP contribution is 2.15. The zero-order valence-corrected chi connectivity index (χ0v) is 11.7. The van der Waals surface area contributed by atoms with Gasteiger partial charge in [-0.15, -0.1) is 3.33 Å². The van der Waals surface area contributed by atoms with Crippen LogP contribution in [-0.2, 0) is 15.8 Å². The number of hydrogen-bond donors (Lipinski definition) is 0. The van der Waals surface area contributed by atoms with Gasteiger partial charge in [0.25, 0.3) is 0 Å². The molecule has 0 aliphatic rings. The Kier molecular flexibility index (Phi) is 5.44. The monoisotopic (exact) mass is 305 g/mol. The molecule has 0 aliphatic carbocycles. The summed E-state index contributed by atoms with van der Waals surface area (Å²) >= 11 is 3.10. The summed E-state index contributed by atoms with van der Waals surface area (Å²) in [5.41, 5.74) is 0.809. The van der Waals surface area contributed by atoms with Crippen molar-refractivity contribution < 1.29 is 8.42 Å². The Bertz CT molecular complexity index is 405. The molecule has 1 aromatic carbocycles. The lowest BCUT2D eigenvalue weighted by molar-refractivity contribution is 0.537. The van der Waals surface area contributed by atoms with Gasteiger partial charge in [-0.1, -0.05) is 43.7 Å². The van der Waals surface area contributed by atoms with E-state index in [-0.39, 0.29) is 5.75 Å². The molecule has 1 rings (SSSR count). The molecule has 16 heavy (non-hydrogen) atoms. The number of nitrogens with zero attached hydrogens (tertiary/aromatic N) is 1. The van der Waals surface area contributed by atoms with Gasteiger partial charge < -0.3 is 0 Å². The lowest BCUT2D eigenvalue weighted by Crippen LogP contribution is -2.23. The Hall–Kier alpha value is -0.390. The van der Waals surface area contributed by atoms with Crippen molar-refractivity contribution in [3.63, 3.8) is 0 Å². The summed E-state index contributed by atoms with van der Waals surface area (Å²) in [4.78, 5) is 0. The normalized spacial score (nSPS) is 11.9. The maximum absolute atomic E-state index is 11.9. The first kappa shape index (κ1) is 13.7. The molecular weight excluding hydrogens is 290 g/mol. The van der Waals surface area contributed by atoms with E-state index < -0.39 is 10.0 Å². The van der Waals surface area contributed by atoms with Crippen LogP contribution in [0.5, 0.6) is 0 Å². The minimum Gasteiger partial charge on any atom is -0.211 e. The van der Waals surface area contributed by atoms with Gasteiger partial charge in [0.2, 0.25) is 10.0 Å². The number of rotatable bonds is 6. The molecule has 0 fully saturated rings. The van der Waals surface area contributed by atoms with E-state index in [4.69, 9.17) is 0 Å². The van der Waals surface area contributed by atoms with Gasteiger partial charge in [0.15, 0.2) is 0 Å². The summed E-state index contributed by atoms with van der Waals surface area (Å²) in [6.07, 6.45) is 1.84. The summed E-state index contributed by atoms with van der Waals surface area (Å²) in [5, 5.41) is 0. The number of unbranched alkanes of at least 4 members (excludes halogenated alkanes) is 1. The molecule has 1 aromatic rings. The number of hydrogen-bond acceptors (Lipinski definition) is 2. The summed E-state index contributed by atoms with van der Waals surface area (Å²) in [6, 6.07) is 9.19. The van der Waals surface area contributed by atoms with Crippen molar-refractivity contribution in [3.05, 3.63) is 35.9 Å². The SMILES string of the molecule is CCCCN(Br)S(=O)(=O)Cc1ccccc1. The minimum atomic E-state index is -3.24. The summed E-state index contributed by atoms with van der Waals surface area (Å²) in [6.45, 7) is 2.55. The molecule has 0 N–H and O–H groups in total. The van der Waals surface area contributed by atoms with E-state index in [1.165, 1.54) is 3.33 Å². The first-order valence-electron chi connectivity index (χ1n) is 5.26. The molecule has 0 spiro atoms. The van der Waals surface area contributed by atoms with Crippen LogP contribution in [0, 0.1) is 0 Å². The van der Waals surface area contributed by atoms with Gasteiger partial charge in [-0.3, -0.25) is 0 Å². The average Bonchev–Trinajstić information content (AvgIpc) is 2.26. The molecule has 0 saturated heterocycles. The fraction of sp³-hybridized carbons (Fsp3) is 0.455. The summed E-state index contributed by atoms with van der Waals surface area (Å²) in [7, 11) is -3.24. The smallest absolute Gasteiger partial charge is 0.211 e. The zero-order chi connectivity index (χ0) is 12.0. The van der Waals surface area contributed by atoms with Crippen LogP contribution in [0.1, 0.15) is 25.3 Å². The molecule has 0 aliphatic heterocycles. The van der Waals surface area contributed by atoms with Crippen molar-refractivity contribution in [2.45, 2.75) is 25.5 Å². The lowest BCUT2D eigenvalue weighted by atomic mass is 10.2. The predicted octanol–water partition coefficient (Wildman–Crippen LogP) is 2.93. The molecule has 0 aromatic heterocycles. The van der Waals surface area contributed by atoms with Crippen molar-refractivity contribution in [1.82, 2.24) is 3.33 Å². The third kappa shape index (κ3) is 4.23. The van der Waals surface area contributed by atoms with Crippen LogP contribution in [0.25, 0.3) is 0 Å². The summed E-state index contributed by atoms with van der Waals surface area (Å²) < 4.78 is 25.0. The highest BCUT2D eigenvalue weighted by atomic mass is 79.9. The average molecular weight is 306 g/mol. The predicted molar refractivity (Wildman–Crippen MR) is 69.6 cm³/mol. The first-order chi connectivity index (χ1) is 7.56. The molecule has 0 bridgehead atoms. The third-order valence-corrected chi connectivity index (χ3v) is 5.34. The Labute approximate surface area is 106 Å². The van der Waals surface area contributed by atoms with Crippen LogP contribution in [0.4, 0.5) is 0 Å². The Morgan fingerprint density at radius 1 is 1.25 bits per heavy atom. The van der Waals surface area contributed by atoms with Gasteiger partial charge in [-0.25, -0.2) is 8.42 Å². The molecule has 0 heterocycles. The largest absolute Gasteiger partial charge is 0.227 e. The molecule has 0 radical (unpaired) electrons. The fourth-order valence-corrected chi connectivity index (χ4v) is 3.00. The maximum Gasteiger partial charge on any atom is 0.227 e. The van der Waals surface area contributed by atoms with E-state index in [1.54, 1.807) is 0 Å². The second-order valence-electron chi connectivity index (χ2n) is 3.61. The zero-order valence-electron chi connectivity index (χ0n) is 9.27. The van der Waals surface area contributed by atoms with Gasteiger partial charge in [0.1, 0.15) is 0 Å². The topological polar surface area (TPSA) is 37.4 Å². The quantitative estimate of drug-likeness (QED) is 0.758. The molecule has 0 atom stereocenters. The second-order valence-corrected chi connectivity index (χ2v) is 6.83. The number of benzene rings is 1. The molecule has 0 saturated carbocycles.